The van der Waals surface area contributed by atoms with E-state index >= 15 is 0 Å². The number of aryl methyl sites for hydroxylation is 2. The molecule has 0 fully saturated rings. The highest BCUT2D eigenvalue weighted by atomic mass is 16.5. The molecular weight excluding hydrogens is 374 g/mol. The third kappa shape index (κ3) is 4.19. The summed E-state index contributed by atoms with van der Waals surface area (Å²) in [6, 6.07) is 1.53. The number of ketones is 1. The van der Waals surface area contributed by atoms with Gasteiger partial charge in [0, 0.05) is 18.8 Å². The Morgan fingerprint density at radius 3 is 2.76 bits per heavy atom. The van der Waals surface area contributed by atoms with Crippen LogP contribution in [0.1, 0.15) is 43.2 Å². The van der Waals surface area contributed by atoms with Crippen molar-refractivity contribution in [3.05, 3.63) is 33.9 Å². The van der Waals surface area contributed by atoms with Crippen molar-refractivity contribution in [1.82, 2.24) is 24.7 Å². The van der Waals surface area contributed by atoms with Crippen molar-refractivity contribution < 1.29 is 14.6 Å². The standard InChI is InChI=1S/C20H25N5O4/c1-5-6-14-16-17(24-25(14)4)19(28)23-18(22-16)13-7-12(15(27)9-26)8-21-20(13)29-10-11(2)3/h7-8,11,26H,5-6,9-10H2,1-4H3,(H,22,23,28). The molecule has 3 aromatic rings. The fraction of sp³-hybridized carbons (Fsp3) is 0.450. The highest BCUT2D eigenvalue weighted by molar-refractivity contribution is 5.97. The largest absolute Gasteiger partial charge is 0.477 e. The molecule has 0 bridgehead atoms. The van der Waals surface area contributed by atoms with Gasteiger partial charge in [-0.2, -0.15) is 5.10 Å². The Hall–Kier alpha value is -3.07. The summed E-state index contributed by atoms with van der Waals surface area (Å²) in [5.74, 6) is 0.279. The maximum absolute atomic E-state index is 12.7. The van der Waals surface area contributed by atoms with Gasteiger partial charge >= 0.3 is 0 Å². The molecule has 0 spiro atoms. The molecule has 0 unspecified atom stereocenters. The Balaban J connectivity index is 2.21. The second-order valence-electron chi connectivity index (χ2n) is 7.29. The summed E-state index contributed by atoms with van der Waals surface area (Å²) in [7, 11) is 1.78. The monoisotopic (exact) mass is 399 g/mol. The van der Waals surface area contributed by atoms with Crippen molar-refractivity contribution >= 4 is 16.8 Å². The molecule has 0 aliphatic heterocycles. The molecule has 0 amide bonds. The average molecular weight is 399 g/mol. The lowest BCUT2D eigenvalue weighted by Gasteiger charge is -2.13. The zero-order chi connectivity index (χ0) is 21.1. The Bertz CT molecular complexity index is 1100. The van der Waals surface area contributed by atoms with Crippen molar-refractivity contribution in [2.24, 2.45) is 13.0 Å². The normalized spacial score (nSPS) is 11.4. The molecule has 3 aromatic heterocycles. The van der Waals surface area contributed by atoms with Gasteiger partial charge in [0.05, 0.1) is 17.9 Å². The van der Waals surface area contributed by atoms with Crippen molar-refractivity contribution in [2.75, 3.05) is 13.2 Å². The number of pyridine rings is 1. The summed E-state index contributed by atoms with van der Waals surface area (Å²) < 4.78 is 7.46. The van der Waals surface area contributed by atoms with Gasteiger partial charge in [-0.3, -0.25) is 14.3 Å². The van der Waals surface area contributed by atoms with Crippen LogP contribution < -0.4 is 10.3 Å². The molecule has 0 saturated heterocycles. The zero-order valence-electron chi connectivity index (χ0n) is 17.0. The van der Waals surface area contributed by atoms with E-state index < -0.39 is 12.4 Å². The van der Waals surface area contributed by atoms with Gasteiger partial charge in [-0.1, -0.05) is 27.2 Å². The molecule has 2 N–H and O–H groups in total. The van der Waals surface area contributed by atoms with Crippen LogP contribution in [0.5, 0.6) is 5.88 Å². The van der Waals surface area contributed by atoms with Gasteiger partial charge in [0.25, 0.3) is 5.56 Å². The van der Waals surface area contributed by atoms with E-state index in [0.717, 1.165) is 18.5 Å². The number of aliphatic hydroxyl groups is 1. The van der Waals surface area contributed by atoms with Crippen LogP contribution >= 0.6 is 0 Å². The second-order valence-corrected chi connectivity index (χ2v) is 7.29. The van der Waals surface area contributed by atoms with Crippen molar-refractivity contribution in [3.8, 4) is 17.3 Å². The first-order valence-corrected chi connectivity index (χ1v) is 9.58. The smallest absolute Gasteiger partial charge is 0.279 e. The van der Waals surface area contributed by atoms with E-state index in [9.17, 15) is 14.7 Å². The SMILES string of the molecule is CCCc1c2nc(-c3cc(C(=O)CO)cnc3OCC(C)C)[nH]c(=O)c2nn1C. The second kappa shape index (κ2) is 8.52. The van der Waals surface area contributed by atoms with E-state index in [1.54, 1.807) is 11.7 Å². The number of fused-ring (bicyclic) bond motifs is 1. The lowest BCUT2D eigenvalue weighted by Crippen LogP contribution is -2.13. The average Bonchev–Trinajstić information content (AvgIpc) is 3.02. The van der Waals surface area contributed by atoms with Gasteiger partial charge in [0.15, 0.2) is 11.3 Å². The van der Waals surface area contributed by atoms with E-state index in [0.29, 0.717) is 17.7 Å². The number of hydrogen-bond donors (Lipinski definition) is 2. The Labute approximate surface area is 167 Å². The summed E-state index contributed by atoms with van der Waals surface area (Å²) >= 11 is 0. The Morgan fingerprint density at radius 1 is 1.34 bits per heavy atom. The van der Waals surface area contributed by atoms with Gasteiger partial charge in [0.1, 0.15) is 17.9 Å². The summed E-state index contributed by atoms with van der Waals surface area (Å²) in [6.07, 6.45) is 2.95. The van der Waals surface area contributed by atoms with Crippen LogP contribution in [-0.4, -0.2) is 48.8 Å². The topological polar surface area (TPSA) is 123 Å². The maximum atomic E-state index is 12.7. The molecule has 9 nitrogen and oxygen atoms in total. The molecule has 154 valence electrons. The quantitative estimate of drug-likeness (QED) is 0.554. The predicted molar refractivity (Wildman–Crippen MR) is 108 cm³/mol. The lowest BCUT2D eigenvalue weighted by molar-refractivity contribution is 0.0903. The predicted octanol–water partition coefficient (Wildman–Crippen LogP) is 1.88. The van der Waals surface area contributed by atoms with Crippen LogP contribution in [0.25, 0.3) is 22.4 Å². The fourth-order valence-corrected chi connectivity index (χ4v) is 3.00. The molecule has 3 rings (SSSR count). The molecule has 29 heavy (non-hydrogen) atoms. The molecule has 3 heterocycles. The van der Waals surface area contributed by atoms with Crippen molar-refractivity contribution in [2.45, 2.75) is 33.6 Å². The first kappa shape index (κ1) is 20.7. The number of hydrogen-bond acceptors (Lipinski definition) is 7. The highest BCUT2D eigenvalue weighted by Crippen LogP contribution is 2.28. The number of H-pyrrole nitrogens is 1. The summed E-state index contributed by atoms with van der Waals surface area (Å²) in [4.78, 5) is 36.2. The van der Waals surface area contributed by atoms with Gasteiger partial charge in [-0.05, 0) is 18.4 Å². The van der Waals surface area contributed by atoms with Crippen molar-refractivity contribution in [3.63, 3.8) is 0 Å². The van der Waals surface area contributed by atoms with E-state index in [2.05, 4.69) is 20.1 Å². The minimum Gasteiger partial charge on any atom is -0.477 e. The molecule has 9 heteroatoms. The van der Waals surface area contributed by atoms with Crippen LogP contribution in [0.15, 0.2) is 17.1 Å². The van der Waals surface area contributed by atoms with Crippen LogP contribution in [0.2, 0.25) is 0 Å². The maximum Gasteiger partial charge on any atom is 0.279 e. The molecule has 0 saturated carbocycles. The fourth-order valence-electron chi connectivity index (χ4n) is 3.00. The number of aromatic nitrogens is 5. The van der Waals surface area contributed by atoms with Gasteiger partial charge in [0.2, 0.25) is 5.88 Å². The number of aromatic amines is 1. The first-order chi connectivity index (χ1) is 13.8. The number of nitrogens with zero attached hydrogens (tertiary/aromatic N) is 4. The number of aliphatic hydroxyl groups excluding tert-OH is 1. The summed E-state index contributed by atoms with van der Waals surface area (Å²) in [6.45, 7) is 5.82. The highest BCUT2D eigenvalue weighted by Gasteiger charge is 2.19. The minimum atomic E-state index is -0.639. The molecule has 0 aliphatic rings. The first-order valence-electron chi connectivity index (χ1n) is 9.58. The number of nitrogens with one attached hydrogen (secondary N) is 1. The number of carbonyl (C=O) groups excluding carboxylic acids is 1. The number of ether oxygens (including phenoxy) is 1. The van der Waals surface area contributed by atoms with E-state index in [1.165, 1.54) is 12.3 Å². The minimum absolute atomic E-state index is 0.210. The Morgan fingerprint density at radius 2 is 2.10 bits per heavy atom. The molecule has 0 radical (unpaired) electrons. The van der Waals surface area contributed by atoms with Crippen LogP contribution in [0, 0.1) is 5.92 Å². The summed E-state index contributed by atoms with van der Waals surface area (Å²) in [5.41, 5.74) is 1.85. The Kier molecular flexibility index (Phi) is 6.07. The number of Topliss-reactive ketones (excluding diaryl/α,β-unsaturated/α-hetero) is 1. The molecule has 0 aliphatic carbocycles. The molecular formula is C20H25N5O4. The van der Waals surface area contributed by atoms with E-state index in [-0.39, 0.29) is 34.3 Å². The number of rotatable bonds is 8. The molecule has 0 atom stereocenters. The number of carbonyl (C=O) groups is 1. The van der Waals surface area contributed by atoms with Gasteiger partial charge < -0.3 is 14.8 Å². The van der Waals surface area contributed by atoms with Crippen LogP contribution in [0.4, 0.5) is 0 Å². The lowest BCUT2D eigenvalue weighted by atomic mass is 10.1. The summed E-state index contributed by atoms with van der Waals surface area (Å²) in [5, 5.41) is 13.5. The van der Waals surface area contributed by atoms with E-state index in [4.69, 9.17) is 4.74 Å². The van der Waals surface area contributed by atoms with E-state index in [1.807, 2.05) is 20.8 Å². The molecule has 0 aromatic carbocycles. The van der Waals surface area contributed by atoms with Gasteiger partial charge in [-0.15, -0.1) is 0 Å². The third-order valence-electron chi connectivity index (χ3n) is 4.42. The van der Waals surface area contributed by atoms with Crippen molar-refractivity contribution in [1.29, 1.82) is 0 Å². The zero-order valence-corrected chi connectivity index (χ0v) is 17.0. The van der Waals surface area contributed by atoms with Crippen LogP contribution in [0.3, 0.4) is 0 Å². The van der Waals surface area contributed by atoms with Gasteiger partial charge in [-0.25, -0.2) is 9.97 Å². The third-order valence-corrected chi connectivity index (χ3v) is 4.42. The van der Waals surface area contributed by atoms with Crippen LogP contribution in [-0.2, 0) is 13.5 Å².